The van der Waals surface area contributed by atoms with Crippen LogP contribution in [-0.4, -0.2) is 12.5 Å². The molecule has 3 heteroatoms. The van der Waals surface area contributed by atoms with Crippen molar-refractivity contribution in [2.24, 2.45) is 0 Å². The summed E-state index contributed by atoms with van der Waals surface area (Å²) >= 11 is 0. The Kier molecular flexibility index (Phi) is 7.21. The third-order valence-electron chi connectivity index (χ3n) is 5.88. The number of nitrogens with one attached hydrogen (secondary N) is 1. The molecule has 3 nitrogen and oxygen atoms in total. The molecule has 4 aromatic rings. The Morgan fingerprint density at radius 1 is 0.697 bits per heavy atom. The molecule has 0 saturated heterocycles. The lowest BCUT2D eigenvalue weighted by molar-refractivity contribution is -0.121. The van der Waals surface area contributed by atoms with E-state index in [0.29, 0.717) is 19.4 Å². The van der Waals surface area contributed by atoms with Gasteiger partial charge in [0.1, 0.15) is 5.75 Å². The lowest BCUT2D eigenvalue weighted by atomic mass is 9.70. The zero-order valence-corrected chi connectivity index (χ0v) is 18.9. The molecule has 0 aliphatic rings. The summed E-state index contributed by atoms with van der Waals surface area (Å²) in [5, 5.41) is 3.20. The molecule has 0 aliphatic heterocycles. The molecule has 0 radical (unpaired) electrons. The Morgan fingerprint density at radius 2 is 1.18 bits per heavy atom. The summed E-state index contributed by atoms with van der Waals surface area (Å²) in [6.07, 6.45) is 1.19. The Hall–Kier alpha value is -3.85. The molecular formula is C30H29NO2. The second-order valence-electron chi connectivity index (χ2n) is 8.18. The fourth-order valence-corrected chi connectivity index (χ4v) is 4.26. The number of carbonyl (C=O) groups excluding carboxylic acids is 1. The van der Waals surface area contributed by atoms with Crippen LogP contribution in [0, 0.1) is 0 Å². The highest BCUT2D eigenvalue weighted by Crippen LogP contribution is 2.34. The fraction of sp³-hybridized carbons (Fsp3) is 0.167. The van der Waals surface area contributed by atoms with Crippen LogP contribution in [0.1, 0.15) is 23.6 Å². The van der Waals surface area contributed by atoms with Gasteiger partial charge in [0, 0.05) is 5.69 Å². The van der Waals surface area contributed by atoms with Gasteiger partial charge in [0.15, 0.2) is 0 Å². The van der Waals surface area contributed by atoms with Crippen molar-refractivity contribution in [1.82, 2.24) is 0 Å². The Balaban J connectivity index is 1.76. The summed E-state index contributed by atoms with van der Waals surface area (Å²) in [5.74, 6) is 0.768. The van der Waals surface area contributed by atoms with Crippen molar-refractivity contribution < 1.29 is 9.53 Å². The van der Waals surface area contributed by atoms with Gasteiger partial charge >= 0.3 is 0 Å². The standard InChI is InChI=1S/C30H29NO2/c1-2-33-28-20-18-27(19-21-28)31-29(32)30(26-16-10-5-11-17-26,22-24-12-6-3-7-13-24)23-25-14-8-4-9-15-25/h3-21H,2,22-23H2,1H3,(H,31,32). The molecule has 0 spiro atoms. The highest BCUT2D eigenvalue weighted by molar-refractivity contribution is 5.99. The molecule has 0 aliphatic carbocycles. The SMILES string of the molecule is CCOc1ccc(NC(=O)C(Cc2ccccc2)(Cc2ccccc2)c2ccccc2)cc1. The molecule has 166 valence electrons. The Bertz CT molecular complexity index is 1100. The highest BCUT2D eigenvalue weighted by Gasteiger charge is 2.40. The number of ether oxygens (including phenoxy) is 1. The smallest absolute Gasteiger partial charge is 0.235 e. The van der Waals surface area contributed by atoms with Crippen LogP contribution in [0.25, 0.3) is 0 Å². The quantitative estimate of drug-likeness (QED) is 0.328. The van der Waals surface area contributed by atoms with Gasteiger partial charge in [-0.15, -0.1) is 0 Å². The van der Waals surface area contributed by atoms with Crippen molar-refractivity contribution in [2.75, 3.05) is 11.9 Å². The van der Waals surface area contributed by atoms with Gasteiger partial charge in [-0.25, -0.2) is 0 Å². The van der Waals surface area contributed by atoms with Gasteiger partial charge < -0.3 is 10.1 Å². The van der Waals surface area contributed by atoms with Crippen LogP contribution in [-0.2, 0) is 23.1 Å². The van der Waals surface area contributed by atoms with Gasteiger partial charge in [0.25, 0.3) is 0 Å². The average Bonchev–Trinajstić information content (AvgIpc) is 2.87. The topological polar surface area (TPSA) is 38.3 Å². The highest BCUT2D eigenvalue weighted by atomic mass is 16.5. The van der Waals surface area contributed by atoms with Gasteiger partial charge in [-0.3, -0.25) is 4.79 Å². The summed E-state index contributed by atoms with van der Waals surface area (Å²) in [4.78, 5) is 14.1. The van der Waals surface area contributed by atoms with E-state index < -0.39 is 5.41 Å². The van der Waals surface area contributed by atoms with Crippen LogP contribution in [0.15, 0.2) is 115 Å². The molecule has 0 saturated carbocycles. The van der Waals surface area contributed by atoms with Crippen molar-refractivity contribution in [3.63, 3.8) is 0 Å². The van der Waals surface area contributed by atoms with E-state index in [2.05, 4.69) is 41.7 Å². The predicted molar refractivity (Wildman–Crippen MR) is 135 cm³/mol. The molecule has 0 fully saturated rings. The number of hydrogen-bond donors (Lipinski definition) is 1. The van der Waals surface area contributed by atoms with Crippen LogP contribution < -0.4 is 10.1 Å². The number of benzene rings is 4. The number of rotatable bonds is 9. The normalized spacial score (nSPS) is 11.1. The van der Waals surface area contributed by atoms with Crippen LogP contribution in [0.3, 0.4) is 0 Å². The van der Waals surface area contributed by atoms with Crippen LogP contribution in [0.4, 0.5) is 5.69 Å². The second kappa shape index (κ2) is 10.6. The lowest BCUT2D eigenvalue weighted by Crippen LogP contribution is -2.44. The molecular weight excluding hydrogens is 406 g/mol. The molecule has 1 N–H and O–H groups in total. The Labute approximate surface area is 196 Å². The number of amides is 1. The number of carbonyl (C=O) groups is 1. The average molecular weight is 436 g/mol. The van der Waals surface area contributed by atoms with E-state index >= 15 is 0 Å². The van der Waals surface area contributed by atoms with Gasteiger partial charge in [0.05, 0.1) is 12.0 Å². The first-order valence-electron chi connectivity index (χ1n) is 11.4. The third-order valence-corrected chi connectivity index (χ3v) is 5.88. The molecule has 0 atom stereocenters. The van der Waals surface area contributed by atoms with Crippen molar-refractivity contribution in [3.05, 3.63) is 132 Å². The molecule has 1 amide bonds. The molecule has 4 rings (SSSR count). The maximum Gasteiger partial charge on any atom is 0.235 e. The summed E-state index contributed by atoms with van der Waals surface area (Å²) in [6, 6.07) is 38.1. The summed E-state index contributed by atoms with van der Waals surface area (Å²) in [7, 11) is 0. The van der Waals surface area contributed by atoms with E-state index in [1.165, 1.54) is 0 Å². The van der Waals surface area contributed by atoms with Crippen LogP contribution in [0.5, 0.6) is 5.75 Å². The van der Waals surface area contributed by atoms with Gasteiger partial charge in [0.2, 0.25) is 5.91 Å². The third kappa shape index (κ3) is 5.50. The molecule has 4 aromatic carbocycles. The molecule has 0 unspecified atom stereocenters. The predicted octanol–water partition coefficient (Wildman–Crippen LogP) is 6.45. The van der Waals surface area contributed by atoms with E-state index in [1.807, 2.05) is 85.8 Å². The second-order valence-corrected chi connectivity index (χ2v) is 8.18. The summed E-state index contributed by atoms with van der Waals surface area (Å²) in [6.45, 7) is 2.56. The minimum Gasteiger partial charge on any atom is -0.494 e. The van der Waals surface area contributed by atoms with Crippen molar-refractivity contribution >= 4 is 11.6 Å². The first-order valence-corrected chi connectivity index (χ1v) is 11.4. The summed E-state index contributed by atoms with van der Waals surface area (Å²) in [5.41, 5.74) is 3.23. The van der Waals surface area contributed by atoms with Gasteiger partial charge in [-0.2, -0.15) is 0 Å². The van der Waals surface area contributed by atoms with Crippen LogP contribution in [0.2, 0.25) is 0 Å². The van der Waals surface area contributed by atoms with Crippen molar-refractivity contribution in [1.29, 1.82) is 0 Å². The molecule has 33 heavy (non-hydrogen) atoms. The zero-order valence-electron chi connectivity index (χ0n) is 18.9. The van der Waals surface area contributed by atoms with Gasteiger partial charge in [-0.1, -0.05) is 91.0 Å². The molecule has 0 heterocycles. The van der Waals surface area contributed by atoms with Crippen molar-refractivity contribution in [3.8, 4) is 5.75 Å². The lowest BCUT2D eigenvalue weighted by Gasteiger charge is -2.34. The maximum absolute atomic E-state index is 14.1. The maximum atomic E-state index is 14.1. The van der Waals surface area contributed by atoms with Crippen molar-refractivity contribution in [2.45, 2.75) is 25.2 Å². The summed E-state index contributed by atoms with van der Waals surface area (Å²) < 4.78 is 5.55. The molecule has 0 aromatic heterocycles. The first kappa shape index (κ1) is 22.3. The fourth-order valence-electron chi connectivity index (χ4n) is 4.26. The van der Waals surface area contributed by atoms with Gasteiger partial charge in [-0.05, 0) is 60.7 Å². The minimum absolute atomic E-state index is 0.0226. The number of hydrogen-bond acceptors (Lipinski definition) is 2. The number of anilines is 1. The van der Waals surface area contributed by atoms with E-state index in [-0.39, 0.29) is 5.91 Å². The minimum atomic E-state index is -0.775. The van der Waals surface area contributed by atoms with E-state index in [9.17, 15) is 4.79 Å². The zero-order chi connectivity index (χ0) is 22.9. The molecule has 0 bridgehead atoms. The first-order chi connectivity index (χ1) is 16.2. The van der Waals surface area contributed by atoms with E-state index in [1.54, 1.807) is 0 Å². The van der Waals surface area contributed by atoms with E-state index in [4.69, 9.17) is 4.74 Å². The monoisotopic (exact) mass is 435 g/mol. The largest absolute Gasteiger partial charge is 0.494 e. The van der Waals surface area contributed by atoms with E-state index in [0.717, 1.165) is 28.1 Å². The Morgan fingerprint density at radius 3 is 1.67 bits per heavy atom. The van der Waals surface area contributed by atoms with Crippen LogP contribution >= 0.6 is 0 Å².